The maximum absolute atomic E-state index is 13.3. The average molecular weight is 368 g/mol. The molecule has 0 spiro atoms. The van der Waals surface area contributed by atoms with Gasteiger partial charge in [-0.3, -0.25) is 9.59 Å². The van der Waals surface area contributed by atoms with Gasteiger partial charge in [-0.05, 0) is 80.4 Å². The van der Waals surface area contributed by atoms with Crippen molar-refractivity contribution in [3.8, 4) is 5.75 Å². The number of nitrogens with two attached hydrogens (primary N) is 1. The highest BCUT2D eigenvalue weighted by molar-refractivity contribution is 5.91. The van der Waals surface area contributed by atoms with Crippen LogP contribution in [0.5, 0.6) is 5.75 Å². The Kier molecular flexibility index (Phi) is 3.62. The molecule has 2 unspecified atom stereocenters. The predicted molar refractivity (Wildman–Crippen MR) is 101 cm³/mol. The van der Waals surface area contributed by atoms with E-state index in [-0.39, 0.29) is 28.7 Å². The number of methoxy groups -OCH3 is 1. The second-order valence-corrected chi connectivity index (χ2v) is 9.42. The van der Waals surface area contributed by atoms with Crippen molar-refractivity contribution in [2.75, 3.05) is 7.11 Å². The summed E-state index contributed by atoms with van der Waals surface area (Å²) in [5.74, 6) is 2.27. The molecule has 3 N–H and O–H groups in total. The van der Waals surface area contributed by atoms with Crippen molar-refractivity contribution in [1.82, 2.24) is 5.32 Å². The molecule has 0 aliphatic heterocycles. The van der Waals surface area contributed by atoms with Crippen LogP contribution in [0.1, 0.15) is 50.5 Å². The van der Waals surface area contributed by atoms with E-state index in [9.17, 15) is 9.59 Å². The Morgan fingerprint density at radius 3 is 2.22 bits per heavy atom. The normalized spacial score (nSPS) is 37.7. The summed E-state index contributed by atoms with van der Waals surface area (Å²) in [6.07, 6.45) is 6.75. The van der Waals surface area contributed by atoms with Gasteiger partial charge in [0.15, 0.2) is 0 Å². The van der Waals surface area contributed by atoms with Crippen molar-refractivity contribution in [3.05, 3.63) is 29.8 Å². The van der Waals surface area contributed by atoms with Crippen LogP contribution in [0.15, 0.2) is 24.3 Å². The fourth-order valence-corrected chi connectivity index (χ4v) is 6.53. The highest BCUT2D eigenvalue weighted by Crippen LogP contribution is 2.60. The topological polar surface area (TPSA) is 81.4 Å². The summed E-state index contributed by atoms with van der Waals surface area (Å²) in [4.78, 5) is 25.4. The lowest BCUT2D eigenvalue weighted by molar-refractivity contribution is -0.147. The molecule has 2 amide bonds. The molecular formula is C22H28N2O3. The van der Waals surface area contributed by atoms with Gasteiger partial charge < -0.3 is 15.8 Å². The molecule has 5 fully saturated rings. The lowest BCUT2D eigenvalue weighted by Gasteiger charge is -2.59. The Morgan fingerprint density at radius 1 is 1.07 bits per heavy atom. The number of nitrogens with one attached hydrogen (secondary N) is 1. The zero-order chi connectivity index (χ0) is 18.8. The van der Waals surface area contributed by atoms with Crippen LogP contribution in [0.4, 0.5) is 0 Å². The average Bonchev–Trinajstić information content (AvgIpc) is 3.46. The number of primary amides is 1. The number of ether oxygens (including phenoxy) is 1. The minimum atomic E-state index is -0.373. The maximum Gasteiger partial charge on any atom is 0.230 e. The SMILES string of the molecule is COc1ccc(C2(C(=O)NC3C4CC5CC3CC(C(N)=O)(C5)C4)CC2)cc1. The summed E-state index contributed by atoms with van der Waals surface area (Å²) in [7, 11) is 1.65. The van der Waals surface area contributed by atoms with Crippen LogP contribution in [-0.4, -0.2) is 25.0 Å². The molecule has 0 aromatic heterocycles. The van der Waals surface area contributed by atoms with Crippen molar-refractivity contribution in [3.63, 3.8) is 0 Å². The molecule has 144 valence electrons. The summed E-state index contributed by atoms with van der Waals surface area (Å²) in [6.45, 7) is 0. The Bertz CT molecular complexity index is 767. The number of carbonyl (C=O) groups excluding carboxylic acids is 2. The van der Waals surface area contributed by atoms with Gasteiger partial charge in [0, 0.05) is 11.5 Å². The summed E-state index contributed by atoms with van der Waals surface area (Å²) in [5, 5.41) is 3.43. The van der Waals surface area contributed by atoms with E-state index in [4.69, 9.17) is 10.5 Å². The Hall–Kier alpha value is -2.04. The van der Waals surface area contributed by atoms with Crippen molar-refractivity contribution < 1.29 is 14.3 Å². The van der Waals surface area contributed by atoms with Crippen LogP contribution in [0.2, 0.25) is 0 Å². The van der Waals surface area contributed by atoms with Crippen LogP contribution < -0.4 is 15.8 Å². The van der Waals surface area contributed by atoms with Crippen LogP contribution >= 0.6 is 0 Å². The molecule has 5 heteroatoms. The number of rotatable bonds is 5. The van der Waals surface area contributed by atoms with Gasteiger partial charge in [-0.2, -0.15) is 0 Å². The number of carbonyl (C=O) groups is 2. The summed E-state index contributed by atoms with van der Waals surface area (Å²) in [5.41, 5.74) is 6.19. The van der Waals surface area contributed by atoms with Gasteiger partial charge in [0.25, 0.3) is 0 Å². The first-order chi connectivity index (χ1) is 13.0. The molecule has 0 saturated heterocycles. The van der Waals surface area contributed by atoms with E-state index in [1.165, 1.54) is 0 Å². The standard InChI is InChI=1S/C22H28N2O3/c1-27-17-4-2-16(3-5-17)22(6-7-22)20(26)24-18-14-8-13-9-15(18)12-21(10-13,11-14)19(23)25/h2-5,13-15,18H,6-12H2,1H3,(H2,23,25)(H,24,26). The van der Waals surface area contributed by atoms with Gasteiger partial charge >= 0.3 is 0 Å². The number of amides is 2. The Balaban J connectivity index is 1.34. The van der Waals surface area contributed by atoms with Gasteiger partial charge in [0.05, 0.1) is 12.5 Å². The van der Waals surface area contributed by atoms with Gasteiger partial charge in [0.2, 0.25) is 11.8 Å². The highest BCUT2D eigenvalue weighted by Gasteiger charge is 2.59. The van der Waals surface area contributed by atoms with E-state index in [2.05, 4.69) is 5.32 Å². The van der Waals surface area contributed by atoms with Crippen molar-refractivity contribution >= 4 is 11.8 Å². The first-order valence-electron chi connectivity index (χ1n) is 10.2. The van der Waals surface area contributed by atoms with Gasteiger partial charge in [0.1, 0.15) is 5.75 Å². The quantitative estimate of drug-likeness (QED) is 0.838. The Labute approximate surface area is 160 Å². The monoisotopic (exact) mass is 368 g/mol. The van der Waals surface area contributed by atoms with Gasteiger partial charge in [-0.1, -0.05) is 12.1 Å². The van der Waals surface area contributed by atoms with Crippen molar-refractivity contribution in [2.24, 2.45) is 28.9 Å². The summed E-state index contributed by atoms with van der Waals surface area (Å²) >= 11 is 0. The van der Waals surface area contributed by atoms with E-state index >= 15 is 0 Å². The maximum atomic E-state index is 13.3. The van der Waals surface area contributed by atoms with E-state index in [0.29, 0.717) is 17.8 Å². The first kappa shape index (κ1) is 17.1. The lowest BCUT2D eigenvalue weighted by atomic mass is 9.47. The molecule has 27 heavy (non-hydrogen) atoms. The third kappa shape index (κ3) is 2.50. The zero-order valence-corrected chi connectivity index (χ0v) is 15.9. The van der Waals surface area contributed by atoms with E-state index in [1.54, 1.807) is 7.11 Å². The summed E-state index contributed by atoms with van der Waals surface area (Å²) in [6, 6.07) is 8.11. The van der Waals surface area contributed by atoms with E-state index in [0.717, 1.165) is 56.3 Å². The largest absolute Gasteiger partial charge is 0.497 e. The molecular weight excluding hydrogens is 340 g/mol. The van der Waals surface area contributed by atoms with E-state index < -0.39 is 0 Å². The van der Waals surface area contributed by atoms with Crippen molar-refractivity contribution in [1.29, 1.82) is 0 Å². The highest BCUT2D eigenvalue weighted by atomic mass is 16.5. The molecule has 6 rings (SSSR count). The van der Waals surface area contributed by atoms with Gasteiger partial charge in [-0.25, -0.2) is 0 Å². The number of hydrogen-bond acceptors (Lipinski definition) is 3. The zero-order valence-electron chi connectivity index (χ0n) is 15.9. The number of benzene rings is 1. The number of hydrogen-bond donors (Lipinski definition) is 2. The fraction of sp³-hybridized carbons (Fsp3) is 0.636. The molecule has 0 heterocycles. The predicted octanol–water partition coefficient (Wildman–Crippen LogP) is 2.52. The Morgan fingerprint density at radius 2 is 1.70 bits per heavy atom. The second kappa shape index (κ2) is 5.73. The molecule has 4 bridgehead atoms. The van der Waals surface area contributed by atoms with E-state index in [1.807, 2.05) is 24.3 Å². The first-order valence-corrected chi connectivity index (χ1v) is 10.2. The van der Waals surface area contributed by atoms with Crippen molar-refractivity contribution in [2.45, 2.75) is 56.4 Å². The summed E-state index contributed by atoms with van der Waals surface area (Å²) < 4.78 is 5.24. The fourth-order valence-electron chi connectivity index (χ4n) is 6.53. The molecule has 5 aliphatic carbocycles. The minimum absolute atomic E-state index is 0.122. The smallest absolute Gasteiger partial charge is 0.230 e. The second-order valence-electron chi connectivity index (χ2n) is 9.42. The van der Waals surface area contributed by atoms with Crippen LogP contribution in [0, 0.1) is 23.2 Å². The van der Waals surface area contributed by atoms with Gasteiger partial charge in [-0.15, -0.1) is 0 Å². The third-order valence-electron chi connectivity index (χ3n) is 7.92. The minimum Gasteiger partial charge on any atom is -0.497 e. The molecule has 0 radical (unpaired) electrons. The molecule has 5 saturated carbocycles. The lowest BCUT2D eigenvalue weighted by Crippen LogP contribution is -2.62. The molecule has 2 atom stereocenters. The third-order valence-corrected chi connectivity index (χ3v) is 7.92. The molecule has 1 aromatic rings. The van der Waals surface area contributed by atoms with Crippen LogP contribution in [0.25, 0.3) is 0 Å². The molecule has 5 aliphatic rings. The van der Waals surface area contributed by atoms with Crippen LogP contribution in [0.3, 0.4) is 0 Å². The molecule has 1 aromatic carbocycles. The van der Waals surface area contributed by atoms with Crippen LogP contribution in [-0.2, 0) is 15.0 Å². The molecule has 5 nitrogen and oxygen atoms in total.